The van der Waals surface area contributed by atoms with Gasteiger partial charge in [-0.25, -0.2) is 0 Å². The molecule has 0 bridgehead atoms. The van der Waals surface area contributed by atoms with Crippen molar-refractivity contribution in [2.45, 2.75) is 40.2 Å². The molecule has 0 aliphatic carbocycles. The summed E-state index contributed by atoms with van der Waals surface area (Å²) in [6.07, 6.45) is 0.218. The average Bonchev–Trinajstić information content (AvgIpc) is 3.12. The number of methoxy groups -OCH3 is 1. The van der Waals surface area contributed by atoms with Crippen molar-refractivity contribution in [1.82, 2.24) is 15.4 Å². The predicted octanol–water partition coefficient (Wildman–Crippen LogP) is 2.96. The normalized spacial score (nSPS) is 10.9. The van der Waals surface area contributed by atoms with E-state index >= 15 is 0 Å². The fourth-order valence-corrected chi connectivity index (χ4v) is 2.81. The fraction of sp³-hybridized carbons (Fsp3) is 0.476. The molecular formula is C21H29N3O4. The molecular weight excluding hydrogens is 358 g/mol. The van der Waals surface area contributed by atoms with Gasteiger partial charge in [0.2, 0.25) is 5.91 Å². The Labute approximate surface area is 166 Å². The highest BCUT2D eigenvalue weighted by atomic mass is 16.5. The lowest BCUT2D eigenvalue weighted by molar-refractivity contribution is -0.121. The third-order valence-electron chi connectivity index (χ3n) is 4.30. The molecule has 1 aromatic carbocycles. The molecule has 0 unspecified atom stereocenters. The Bertz CT molecular complexity index is 814. The van der Waals surface area contributed by atoms with Crippen molar-refractivity contribution >= 4 is 11.8 Å². The number of carbonyl (C=O) groups is 2. The number of hydrogen-bond acceptors (Lipinski definition) is 5. The molecule has 0 fully saturated rings. The van der Waals surface area contributed by atoms with E-state index in [4.69, 9.17) is 9.26 Å². The van der Waals surface area contributed by atoms with Crippen molar-refractivity contribution in [3.63, 3.8) is 0 Å². The number of nitrogens with zero attached hydrogens (tertiary/aromatic N) is 2. The summed E-state index contributed by atoms with van der Waals surface area (Å²) in [5, 5.41) is 6.79. The molecule has 0 saturated heterocycles. The molecule has 2 rings (SSSR count). The molecule has 2 amide bonds. The van der Waals surface area contributed by atoms with Crippen LogP contribution in [0.1, 0.15) is 41.9 Å². The van der Waals surface area contributed by atoms with Crippen LogP contribution in [0.4, 0.5) is 0 Å². The van der Waals surface area contributed by atoms with Crippen LogP contribution >= 0.6 is 0 Å². The van der Waals surface area contributed by atoms with E-state index in [1.54, 1.807) is 18.1 Å². The first-order valence-corrected chi connectivity index (χ1v) is 9.43. The van der Waals surface area contributed by atoms with Gasteiger partial charge in [-0.15, -0.1) is 0 Å². The summed E-state index contributed by atoms with van der Waals surface area (Å²) in [7, 11) is 1.57. The van der Waals surface area contributed by atoms with Crippen LogP contribution in [0.25, 0.3) is 11.3 Å². The maximum Gasteiger partial charge on any atom is 0.276 e. The highest BCUT2D eigenvalue weighted by molar-refractivity contribution is 5.93. The summed E-state index contributed by atoms with van der Waals surface area (Å²) in [5.74, 6) is 0.171. The second-order valence-electron chi connectivity index (χ2n) is 7.15. The number of ether oxygens (including phenoxy) is 1. The van der Waals surface area contributed by atoms with E-state index in [0.717, 1.165) is 16.7 Å². The lowest BCUT2D eigenvalue weighted by Crippen LogP contribution is -2.38. The van der Waals surface area contributed by atoms with Crippen molar-refractivity contribution in [3.8, 4) is 11.3 Å². The van der Waals surface area contributed by atoms with Gasteiger partial charge in [0.15, 0.2) is 11.5 Å². The molecule has 0 aliphatic rings. The van der Waals surface area contributed by atoms with Crippen molar-refractivity contribution < 1.29 is 18.8 Å². The average molecular weight is 387 g/mol. The Morgan fingerprint density at radius 2 is 1.96 bits per heavy atom. The summed E-state index contributed by atoms with van der Waals surface area (Å²) in [4.78, 5) is 26.4. The number of aromatic nitrogens is 1. The summed E-state index contributed by atoms with van der Waals surface area (Å²) >= 11 is 0. The maximum atomic E-state index is 12.9. The highest BCUT2D eigenvalue weighted by Crippen LogP contribution is 2.25. The zero-order valence-corrected chi connectivity index (χ0v) is 17.2. The largest absolute Gasteiger partial charge is 0.383 e. The fourth-order valence-electron chi connectivity index (χ4n) is 2.81. The number of carbonyl (C=O) groups excluding carboxylic acids is 2. The first-order chi connectivity index (χ1) is 13.3. The first kappa shape index (κ1) is 21.6. The third-order valence-corrected chi connectivity index (χ3v) is 4.30. The van der Waals surface area contributed by atoms with E-state index in [2.05, 4.69) is 10.5 Å². The van der Waals surface area contributed by atoms with Crippen LogP contribution in [-0.2, 0) is 9.53 Å². The Morgan fingerprint density at radius 1 is 1.21 bits per heavy atom. The van der Waals surface area contributed by atoms with Gasteiger partial charge in [0, 0.05) is 44.3 Å². The summed E-state index contributed by atoms with van der Waals surface area (Å²) < 4.78 is 10.5. The Kier molecular flexibility index (Phi) is 7.75. The lowest BCUT2D eigenvalue weighted by atomic mass is 10.0. The number of nitrogens with one attached hydrogen (secondary N) is 1. The molecule has 1 heterocycles. The van der Waals surface area contributed by atoms with Crippen LogP contribution in [0.15, 0.2) is 28.8 Å². The molecule has 1 aromatic heterocycles. The van der Waals surface area contributed by atoms with Gasteiger partial charge < -0.3 is 19.5 Å². The predicted molar refractivity (Wildman–Crippen MR) is 107 cm³/mol. The molecule has 0 aliphatic heterocycles. The van der Waals surface area contributed by atoms with Crippen LogP contribution in [-0.4, -0.2) is 54.7 Å². The number of hydrogen-bond donors (Lipinski definition) is 1. The summed E-state index contributed by atoms with van der Waals surface area (Å²) in [6.45, 7) is 8.81. The van der Waals surface area contributed by atoms with Crippen molar-refractivity contribution in [1.29, 1.82) is 0 Å². The van der Waals surface area contributed by atoms with E-state index in [0.29, 0.717) is 18.9 Å². The molecule has 1 N–H and O–H groups in total. The Balaban J connectivity index is 2.14. The molecule has 152 valence electrons. The Hall–Kier alpha value is -2.67. The molecule has 2 aromatic rings. The maximum absolute atomic E-state index is 12.9. The van der Waals surface area contributed by atoms with Crippen LogP contribution in [0, 0.1) is 13.8 Å². The molecule has 0 radical (unpaired) electrons. The minimum atomic E-state index is -0.283. The van der Waals surface area contributed by atoms with Crippen molar-refractivity contribution in [3.05, 3.63) is 41.1 Å². The Morgan fingerprint density at radius 3 is 2.64 bits per heavy atom. The number of benzene rings is 1. The summed E-state index contributed by atoms with van der Waals surface area (Å²) in [6, 6.07) is 7.75. The van der Waals surface area contributed by atoms with Crippen LogP contribution < -0.4 is 5.32 Å². The quantitative estimate of drug-likeness (QED) is 0.715. The highest BCUT2D eigenvalue weighted by Gasteiger charge is 2.21. The van der Waals surface area contributed by atoms with Crippen LogP contribution in [0.3, 0.4) is 0 Å². The van der Waals surface area contributed by atoms with Crippen molar-refractivity contribution in [2.24, 2.45) is 0 Å². The van der Waals surface area contributed by atoms with E-state index in [1.165, 1.54) is 0 Å². The minimum absolute atomic E-state index is 0.0614. The van der Waals surface area contributed by atoms with E-state index in [-0.39, 0.29) is 36.5 Å². The molecule has 28 heavy (non-hydrogen) atoms. The van der Waals surface area contributed by atoms with Gasteiger partial charge in [-0.1, -0.05) is 22.9 Å². The molecule has 7 heteroatoms. The lowest BCUT2D eigenvalue weighted by Gasteiger charge is -2.21. The molecule has 0 atom stereocenters. The first-order valence-electron chi connectivity index (χ1n) is 9.43. The number of aryl methyl sites for hydroxylation is 2. The number of rotatable bonds is 9. The molecule has 0 spiro atoms. The summed E-state index contributed by atoms with van der Waals surface area (Å²) in [5.41, 5.74) is 3.27. The monoisotopic (exact) mass is 387 g/mol. The molecule has 0 saturated carbocycles. The van der Waals surface area contributed by atoms with Crippen LogP contribution in [0.5, 0.6) is 0 Å². The van der Waals surface area contributed by atoms with Crippen LogP contribution in [0.2, 0.25) is 0 Å². The molecule has 7 nitrogen and oxygen atoms in total. The van der Waals surface area contributed by atoms with Gasteiger partial charge in [-0.2, -0.15) is 0 Å². The topological polar surface area (TPSA) is 84.7 Å². The standard InChI is InChI=1S/C21H29N3O4/c1-14(2)22-20(25)8-9-24(10-11-27-5)21(26)18-13-19(28-23-18)17-12-15(3)6-7-16(17)4/h6-7,12-14H,8-11H2,1-5H3,(H,22,25). The van der Waals surface area contributed by atoms with E-state index in [1.807, 2.05) is 45.9 Å². The zero-order valence-electron chi connectivity index (χ0n) is 17.2. The zero-order chi connectivity index (χ0) is 20.7. The van der Waals surface area contributed by atoms with Gasteiger partial charge >= 0.3 is 0 Å². The smallest absolute Gasteiger partial charge is 0.276 e. The van der Waals surface area contributed by atoms with Gasteiger partial charge in [0.05, 0.1) is 6.61 Å². The minimum Gasteiger partial charge on any atom is -0.383 e. The second kappa shape index (κ2) is 10.0. The second-order valence-corrected chi connectivity index (χ2v) is 7.15. The van der Waals surface area contributed by atoms with Crippen molar-refractivity contribution in [2.75, 3.05) is 26.8 Å². The third kappa shape index (κ3) is 5.92. The van der Waals surface area contributed by atoms with Gasteiger partial charge in [-0.05, 0) is 39.3 Å². The number of amides is 2. The van der Waals surface area contributed by atoms with Gasteiger partial charge in [0.25, 0.3) is 5.91 Å². The van der Waals surface area contributed by atoms with E-state index < -0.39 is 0 Å². The van der Waals surface area contributed by atoms with Gasteiger partial charge in [-0.3, -0.25) is 9.59 Å². The SMILES string of the molecule is COCCN(CCC(=O)NC(C)C)C(=O)c1cc(-c2cc(C)ccc2C)on1. The van der Waals surface area contributed by atoms with Gasteiger partial charge in [0.1, 0.15) is 0 Å². The van der Waals surface area contributed by atoms with E-state index in [9.17, 15) is 9.59 Å².